The van der Waals surface area contributed by atoms with Gasteiger partial charge in [-0.05, 0) is 41.1 Å². The molecular weight excluding hydrogens is 418 g/mol. The van der Waals surface area contributed by atoms with Crippen LogP contribution in [0.5, 0.6) is 28.7 Å². The van der Waals surface area contributed by atoms with Gasteiger partial charge in [-0.25, -0.2) is 4.79 Å². The number of benzene rings is 2. The van der Waals surface area contributed by atoms with Gasteiger partial charge < -0.3 is 23.7 Å². The molecule has 0 aliphatic carbocycles. The van der Waals surface area contributed by atoms with E-state index < -0.39 is 5.97 Å². The lowest BCUT2D eigenvalue weighted by molar-refractivity contribution is 0.0726. The maximum Gasteiger partial charge on any atom is 0.343 e. The van der Waals surface area contributed by atoms with Crippen molar-refractivity contribution in [3.8, 4) is 34.8 Å². The Morgan fingerprint density at radius 1 is 1.00 bits per heavy atom. The summed E-state index contributed by atoms with van der Waals surface area (Å²) in [6.07, 6.45) is 0. The van der Waals surface area contributed by atoms with E-state index in [1.165, 1.54) is 39.5 Å². The van der Waals surface area contributed by atoms with Crippen LogP contribution in [0.2, 0.25) is 0 Å². The van der Waals surface area contributed by atoms with E-state index in [-0.39, 0.29) is 17.1 Å². The van der Waals surface area contributed by atoms with Gasteiger partial charge in [0.2, 0.25) is 5.75 Å². The van der Waals surface area contributed by atoms with E-state index in [9.17, 15) is 4.79 Å². The normalized spacial score (nSPS) is 9.93. The summed E-state index contributed by atoms with van der Waals surface area (Å²) in [7, 11) is 4.38. The molecule has 0 saturated heterocycles. The minimum Gasteiger partial charge on any atom is -0.493 e. The first kappa shape index (κ1) is 20.4. The second-order valence-electron chi connectivity index (χ2n) is 5.13. The van der Waals surface area contributed by atoms with Crippen molar-refractivity contribution in [2.45, 2.75) is 6.92 Å². The van der Waals surface area contributed by atoms with Gasteiger partial charge in [-0.3, -0.25) is 0 Å². The van der Waals surface area contributed by atoms with Crippen LogP contribution < -0.4 is 23.7 Å². The molecule has 0 aliphatic rings. The average Bonchev–Trinajstić information content (AvgIpc) is 2.68. The number of rotatable bonds is 7. The summed E-state index contributed by atoms with van der Waals surface area (Å²) in [5, 5.41) is 9.10. The van der Waals surface area contributed by atoms with E-state index >= 15 is 0 Å². The summed E-state index contributed by atoms with van der Waals surface area (Å²) >= 11 is 3.31. The SMILES string of the molecule is CCOc1cc(C#N)cc(Br)c1OC(=O)c1cc(OC)c(OC)c(OC)c1. The first-order valence-electron chi connectivity index (χ1n) is 7.87. The molecule has 2 aromatic carbocycles. The van der Waals surface area contributed by atoms with E-state index in [1.54, 1.807) is 13.0 Å². The van der Waals surface area contributed by atoms with Crippen LogP contribution in [-0.4, -0.2) is 33.9 Å². The van der Waals surface area contributed by atoms with E-state index in [0.717, 1.165) is 0 Å². The molecule has 0 radical (unpaired) electrons. The van der Waals surface area contributed by atoms with E-state index in [1.807, 2.05) is 6.07 Å². The zero-order valence-corrected chi connectivity index (χ0v) is 16.9. The van der Waals surface area contributed by atoms with E-state index in [0.29, 0.717) is 33.9 Å². The Morgan fingerprint density at radius 3 is 2.11 bits per heavy atom. The molecule has 0 amide bonds. The maximum atomic E-state index is 12.7. The third-order valence-corrected chi connectivity index (χ3v) is 4.12. The lowest BCUT2D eigenvalue weighted by Gasteiger charge is -2.15. The molecule has 2 aromatic rings. The monoisotopic (exact) mass is 435 g/mol. The number of nitriles is 1. The van der Waals surface area contributed by atoms with Gasteiger partial charge >= 0.3 is 5.97 Å². The van der Waals surface area contributed by atoms with Crippen molar-refractivity contribution >= 4 is 21.9 Å². The van der Waals surface area contributed by atoms with Gasteiger partial charge in [0.1, 0.15) is 0 Å². The fraction of sp³-hybridized carbons (Fsp3) is 0.263. The number of methoxy groups -OCH3 is 3. The topological polar surface area (TPSA) is 87.0 Å². The molecule has 142 valence electrons. The molecule has 8 heteroatoms. The molecular formula is C19H18BrNO6. The van der Waals surface area contributed by atoms with Gasteiger partial charge in [-0.1, -0.05) is 0 Å². The standard InChI is InChI=1S/C19H18BrNO6/c1-5-26-16-7-11(10-21)6-13(20)17(16)27-19(22)12-8-14(23-2)18(25-4)15(9-12)24-3/h6-9H,5H2,1-4H3. The van der Waals surface area contributed by atoms with Crippen molar-refractivity contribution < 1.29 is 28.5 Å². The number of esters is 1. The molecule has 0 bridgehead atoms. The summed E-state index contributed by atoms with van der Waals surface area (Å²) < 4.78 is 27.2. The molecule has 0 spiro atoms. The Morgan fingerprint density at radius 2 is 1.63 bits per heavy atom. The second-order valence-corrected chi connectivity index (χ2v) is 5.99. The molecule has 0 aliphatic heterocycles. The van der Waals surface area contributed by atoms with Crippen LogP contribution in [0.25, 0.3) is 0 Å². The Hall–Kier alpha value is -2.92. The molecule has 0 aromatic heterocycles. The van der Waals surface area contributed by atoms with Crippen LogP contribution in [-0.2, 0) is 0 Å². The van der Waals surface area contributed by atoms with Crippen LogP contribution in [0.15, 0.2) is 28.7 Å². The van der Waals surface area contributed by atoms with Crippen LogP contribution >= 0.6 is 15.9 Å². The highest BCUT2D eigenvalue weighted by Crippen LogP contribution is 2.40. The van der Waals surface area contributed by atoms with Crippen LogP contribution in [0.3, 0.4) is 0 Å². The molecule has 7 nitrogen and oxygen atoms in total. The van der Waals surface area contributed by atoms with E-state index in [4.69, 9.17) is 28.9 Å². The maximum absolute atomic E-state index is 12.7. The van der Waals surface area contributed by atoms with Crippen molar-refractivity contribution in [2.24, 2.45) is 0 Å². The smallest absolute Gasteiger partial charge is 0.343 e. The third kappa shape index (κ3) is 4.44. The predicted molar refractivity (Wildman–Crippen MR) is 101 cm³/mol. The molecule has 0 fully saturated rings. The van der Waals surface area contributed by atoms with Gasteiger partial charge in [0.25, 0.3) is 0 Å². The number of nitrogens with zero attached hydrogens (tertiary/aromatic N) is 1. The van der Waals surface area contributed by atoms with E-state index in [2.05, 4.69) is 15.9 Å². The quantitative estimate of drug-likeness (QED) is 0.480. The van der Waals surface area contributed by atoms with Gasteiger partial charge in [0, 0.05) is 6.07 Å². The fourth-order valence-electron chi connectivity index (χ4n) is 2.35. The highest BCUT2D eigenvalue weighted by Gasteiger charge is 2.21. The van der Waals surface area contributed by atoms with Crippen molar-refractivity contribution in [1.82, 2.24) is 0 Å². The zero-order chi connectivity index (χ0) is 20.0. The largest absolute Gasteiger partial charge is 0.493 e. The number of carbonyl (C=O) groups excluding carboxylic acids is 1. The van der Waals surface area contributed by atoms with Crippen molar-refractivity contribution in [1.29, 1.82) is 5.26 Å². The molecule has 0 heterocycles. The first-order chi connectivity index (χ1) is 13.0. The summed E-state index contributed by atoms with van der Waals surface area (Å²) in [6.45, 7) is 2.13. The van der Waals surface area contributed by atoms with Crippen molar-refractivity contribution in [2.75, 3.05) is 27.9 Å². The van der Waals surface area contributed by atoms with Gasteiger partial charge in [0.05, 0.1) is 49.6 Å². The summed E-state index contributed by atoms with van der Waals surface area (Å²) in [5.41, 5.74) is 0.570. The molecule has 0 unspecified atom stereocenters. The Labute approximate surface area is 165 Å². The number of hydrogen-bond acceptors (Lipinski definition) is 7. The Balaban J connectivity index is 2.45. The molecule has 0 N–H and O–H groups in total. The lowest BCUT2D eigenvalue weighted by Crippen LogP contribution is -2.11. The summed E-state index contributed by atoms with van der Waals surface area (Å²) in [5.74, 6) is 0.825. The minimum absolute atomic E-state index is 0.176. The van der Waals surface area contributed by atoms with Crippen molar-refractivity contribution in [3.05, 3.63) is 39.9 Å². The van der Waals surface area contributed by atoms with Crippen LogP contribution in [0.1, 0.15) is 22.8 Å². The average molecular weight is 436 g/mol. The predicted octanol–water partition coefficient (Wildman–Crippen LogP) is 3.96. The molecule has 0 atom stereocenters. The van der Waals surface area contributed by atoms with Crippen LogP contribution in [0, 0.1) is 11.3 Å². The molecule has 27 heavy (non-hydrogen) atoms. The number of hydrogen-bond donors (Lipinski definition) is 0. The van der Waals surface area contributed by atoms with Crippen molar-refractivity contribution in [3.63, 3.8) is 0 Å². The molecule has 2 rings (SSSR count). The second kappa shape index (κ2) is 9.14. The lowest BCUT2D eigenvalue weighted by atomic mass is 10.1. The van der Waals surface area contributed by atoms with Gasteiger partial charge in [-0.15, -0.1) is 0 Å². The zero-order valence-electron chi connectivity index (χ0n) is 15.3. The highest BCUT2D eigenvalue weighted by atomic mass is 79.9. The summed E-state index contributed by atoms with van der Waals surface area (Å²) in [6, 6.07) is 8.05. The first-order valence-corrected chi connectivity index (χ1v) is 8.66. The Kier molecular flexibility index (Phi) is 6.91. The Bertz CT molecular complexity index is 865. The summed E-state index contributed by atoms with van der Waals surface area (Å²) in [4.78, 5) is 12.7. The fourth-order valence-corrected chi connectivity index (χ4v) is 2.87. The third-order valence-electron chi connectivity index (χ3n) is 3.53. The number of carbonyl (C=O) groups is 1. The minimum atomic E-state index is -0.652. The number of ether oxygens (including phenoxy) is 5. The molecule has 0 saturated carbocycles. The van der Waals surface area contributed by atoms with Gasteiger partial charge in [0.15, 0.2) is 23.0 Å². The van der Waals surface area contributed by atoms with Gasteiger partial charge in [-0.2, -0.15) is 5.26 Å². The van der Waals surface area contributed by atoms with Crippen LogP contribution in [0.4, 0.5) is 0 Å². The number of halogens is 1. The highest BCUT2D eigenvalue weighted by molar-refractivity contribution is 9.10.